The first-order chi connectivity index (χ1) is 7.15. The van der Waals surface area contributed by atoms with Crippen molar-refractivity contribution in [3.63, 3.8) is 0 Å². The average Bonchev–Trinajstić information content (AvgIpc) is 2.56. The van der Waals surface area contributed by atoms with E-state index in [9.17, 15) is 0 Å². The Morgan fingerprint density at radius 2 is 2.20 bits per heavy atom. The predicted octanol–water partition coefficient (Wildman–Crippen LogP) is 4.55. The Morgan fingerprint density at radius 1 is 1.40 bits per heavy atom. The number of hydrogen-bond donors (Lipinski definition) is 1. The van der Waals surface area contributed by atoms with E-state index in [1.54, 1.807) is 0 Å². The largest absolute Gasteiger partial charge is 0.381 e. The fraction of sp³-hybridized carbons (Fsp3) is 0.500. The SMILES string of the molecule is CC1CCC(Nc2ccc(I)cc2Cl)C1. The third-order valence-corrected chi connectivity index (χ3v) is 3.97. The Hall–Kier alpha value is 0.0400. The van der Waals surface area contributed by atoms with E-state index in [0.717, 1.165) is 16.6 Å². The molecule has 1 saturated carbocycles. The number of hydrogen-bond acceptors (Lipinski definition) is 1. The summed E-state index contributed by atoms with van der Waals surface area (Å²) in [6.45, 7) is 2.32. The predicted molar refractivity (Wildman–Crippen MR) is 74.6 cm³/mol. The molecular weight excluding hydrogens is 320 g/mol. The minimum Gasteiger partial charge on any atom is -0.381 e. The molecule has 2 atom stereocenters. The van der Waals surface area contributed by atoms with Crippen LogP contribution in [0, 0.1) is 9.49 Å². The first-order valence-corrected chi connectivity index (χ1v) is 6.82. The molecule has 2 rings (SSSR count). The van der Waals surface area contributed by atoms with Crippen molar-refractivity contribution in [1.82, 2.24) is 0 Å². The molecule has 0 bridgehead atoms. The van der Waals surface area contributed by atoms with Crippen LogP contribution in [-0.4, -0.2) is 6.04 Å². The minimum atomic E-state index is 0.609. The third kappa shape index (κ3) is 3.00. The zero-order valence-corrected chi connectivity index (χ0v) is 11.7. The monoisotopic (exact) mass is 335 g/mol. The van der Waals surface area contributed by atoms with Gasteiger partial charge < -0.3 is 5.32 Å². The molecule has 0 heterocycles. The van der Waals surface area contributed by atoms with Crippen LogP contribution in [0.5, 0.6) is 0 Å². The summed E-state index contributed by atoms with van der Waals surface area (Å²) in [5.41, 5.74) is 1.08. The van der Waals surface area contributed by atoms with Crippen molar-refractivity contribution in [2.24, 2.45) is 5.92 Å². The van der Waals surface area contributed by atoms with Crippen LogP contribution in [0.1, 0.15) is 26.2 Å². The second-order valence-corrected chi connectivity index (χ2v) is 6.04. The number of benzene rings is 1. The summed E-state index contributed by atoms with van der Waals surface area (Å²) in [5, 5.41) is 4.37. The van der Waals surface area contributed by atoms with Gasteiger partial charge in [0.15, 0.2) is 0 Å². The Bertz CT molecular complexity index is 353. The molecule has 0 aromatic heterocycles. The molecule has 0 saturated heterocycles. The lowest BCUT2D eigenvalue weighted by Crippen LogP contribution is -2.15. The lowest BCUT2D eigenvalue weighted by atomic mass is 10.1. The molecule has 1 N–H and O–H groups in total. The molecule has 1 fully saturated rings. The molecule has 0 amide bonds. The highest BCUT2D eigenvalue weighted by Gasteiger charge is 2.21. The second-order valence-electron chi connectivity index (χ2n) is 4.38. The summed E-state index contributed by atoms with van der Waals surface area (Å²) in [6, 6.07) is 6.78. The molecule has 0 aliphatic heterocycles. The molecule has 1 aliphatic rings. The van der Waals surface area contributed by atoms with E-state index in [4.69, 9.17) is 11.6 Å². The van der Waals surface area contributed by atoms with Crippen molar-refractivity contribution in [2.75, 3.05) is 5.32 Å². The van der Waals surface area contributed by atoms with Gasteiger partial charge in [-0.2, -0.15) is 0 Å². The van der Waals surface area contributed by atoms with Crippen LogP contribution in [0.15, 0.2) is 18.2 Å². The van der Waals surface area contributed by atoms with Gasteiger partial charge in [0, 0.05) is 9.61 Å². The molecule has 0 spiro atoms. The van der Waals surface area contributed by atoms with Crippen LogP contribution < -0.4 is 5.32 Å². The van der Waals surface area contributed by atoms with Crippen molar-refractivity contribution in [3.8, 4) is 0 Å². The number of halogens is 2. The van der Waals surface area contributed by atoms with Gasteiger partial charge in [-0.1, -0.05) is 18.5 Å². The van der Waals surface area contributed by atoms with Gasteiger partial charge in [0.25, 0.3) is 0 Å². The Morgan fingerprint density at radius 3 is 2.80 bits per heavy atom. The third-order valence-electron chi connectivity index (χ3n) is 2.99. The Kier molecular flexibility index (Phi) is 3.78. The molecule has 1 aromatic carbocycles. The molecule has 1 aliphatic carbocycles. The van der Waals surface area contributed by atoms with Crippen LogP contribution in [-0.2, 0) is 0 Å². The Balaban J connectivity index is 2.04. The van der Waals surface area contributed by atoms with Crippen molar-refractivity contribution < 1.29 is 0 Å². The van der Waals surface area contributed by atoms with E-state index < -0.39 is 0 Å². The van der Waals surface area contributed by atoms with Crippen LogP contribution in [0.2, 0.25) is 5.02 Å². The molecule has 3 heteroatoms. The quantitative estimate of drug-likeness (QED) is 0.782. The maximum atomic E-state index is 6.18. The first kappa shape index (κ1) is 11.5. The van der Waals surface area contributed by atoms with E-state index in [2.05, 4.69) is 47.0 Å². The fourth-order valence-corrected chi connectivity index (χ4v) is 3.08. The molecule has 1 nitrogen and oxygen atoms in total. The van der Waals surface area contributed by atoms with Crippen molar-refractivity contribution >= 4 is 39.9 Å². The van der Waals surface area contributed by atoms with Crippen molar-refractivity contribution in [2.45, 2.75) is 32.2 Å². The molecule has 1 aromatic rings. The van der Waals surface area contributed by atoms with Gasteiger partial charge >= 0.3 is 0 Å². The molecule has 15 heavy (non-hydrogen) atoms. The number of nitrogens with one attached hydrogen (secondary N) is 1. The Labute approximate surface area is 110 Å². The topological polar surface area (TPSA) is 12.0 Å². The molecule has 0 radical (unpaired) electrons. The standard InChI is InChI=1S/C12H15ClIN/c1-8-2-4-10(6-8)15-12-5-3-9(14)7-11(12)13/h3,5,7-8,10,15H,2,4,6H2,1H3. The van der Waals surface area contributed by atoms with E-state index >= 15 is 0 Å². The second kappa shape index (κ2) is 4.91. The highest BCUT2D eigenvalue weighted by Crippen LogP contribution is 2.30. The zero-order valence-electron chi connectivity index (χ0n) is 8.76. The van der Waals surface area contributed by atoms with Gasteiger partial charge in [-0.3, -0.25) is 0 Å². The van der Waals surface area contributed by atoms with E-state index in [-0.39, 0.29) is 0 Å². The summed E-state index contributed by atoms with van der Waals surface area (Å²) >= 11 is 8.45. The number of anilines is 1. The van der Waals surface area contributed by atoms with Gasteiger partial charge in [0.05, 0.1) is 10.7 Å². The van der Waals surface area contributed by atoms with E-state index in [1.807, 2.05) is 6.07 Å². The molecular formula is C12H15ClIN. The smallest absolute Gasteiger partial charge is 0.0648 e. The van der Waals surface area contributed by atoms with Gasteiger partial charge in [-0.25, -0.2) is 0 Å². The zero-order chi connectivity index (χ0) is 10.8. The van der Waals surface area contributed by atoms with Crippen LogP contribution in [0.3, 0.4) is 0 Å². The van der Waals surface area contributed by atoms with Crippen LogP contribution in [0.4, 0.5) is 5.69 Å². The van der Waals surface area contributed by atoms with Crippen molar-refractivity contribution in [1.29, 1.82) is 0 Å². The summed E-state index contributed by atoms with van der Waals surface area (Å²) in [6.07, 6.45) is 3.87. The lowest BCUT2D eigenvalue weighted by Gasteiger charge is -2.15. The summed E-state index contributed by atoms with van der Waals surface area (Å²) < 4.78 is 1.18. The minimum absolute atomic E-state index is 0.609. The summed E-state index contributed by atoms with van der Waals surface area (Å²) in [7, 11) is 0. The average molecular weight is 336 g/mol. The highest BCUT2D eigenvalue weighted by molar-refractivity contribution is 14.1. The van der Waals surface area contributed by atoms with E-state index in [1.165, 1.54) is 22.8 Å². The molecule has 2 unspecified atom stereocenters. The maximum absolute atomic E-state index is 6.18. The highest BCUT2D eigenvalue weighted by atomic mass is 127. The summed E-state index contributed by atoms with van der Waals surface area (Å²) in [4.78, 5) is 0. The fourth-order valence-electron chi connectivity index (χ4n) is 2.16. The lowest BCUT2D eigenvalue weighted by molar-refractivity contribution is 0.602. The van der Waals surface area contributed by atoms with Crippen LogP contribution >= 0.6 is 34.2 Å². The van der Waals surface area contributed by atoms with Crippen molar-refractivity contribution in [3.05, 3.63) is 26.8 Å². The molecule has 82 valence electrons. The van der Waals surface area contributed by atoms with E-state index in [0.29, 0.717) is 6.04 Å². The normalized spacial score (nSPS) is 25.5. The van der Waals surface area contributed by atoms with Crippen LogP contribution in [0.25, 0.3) is 0 Å². The number of rotatable bonds is 2. The first-order valence-electron chi connectivity index (χ1n) is 5.37. The van der Waals surface area contributed by atoms with Gasteiger partial charge in [-0.05, 0) is 66.0 Å². The van der Waals surface area contributed by atoms with Gasteiger partial charge in [0.1, 0.15) is 0 Å². The maximum Gasteiger partial charge on any atom is 0.0648 e. The van der Waals surface area contributed by atoms with Gasteiger partial charge in [0.2, 0.25) is 0 Å². The van der Waals surface area contributed by atoms with Gasteiger partial charge in [-0.15, -0.1) is 0 Å². The summed E-state index contributed by atoms with van der Waals surface area (Å²) in [5.74, 6) is 0.852.